The van der Waals surface area contributed by atoms with Crippen molar-refractivity contribution in [3.63, 3.8) is 0 Å². The molecule has 1 heterocycles. The fourth-order valence-corrected chi connectivity index (χ4v) is 4.23. The molecule has 4 aromatic rings. The van der Waals surface area contributed by atoms with Crippen molar-refractivity contribution in [2.45, 2.75) is 0 Å². The zero-order valence-electron chi connectivity index (χ0n) is 11.9. The van der Waals surface area contributed by atoms with Gasteiger partial charge in [-0.15, -0.1) is 8.80 Å². The maximum absolute atomic E-state index is 11.9. The first kappa shape index (κ1) is 12.7. The van der Waals surface area contributed by atoms with Gasteiger partial charge in [-0.25, -0.2) is 0 Å². The monoisotopic (exact) mass is 318 g/mol. The van der Waals surface area contributed by atoms with E-state index in [9.17, 15) is 8.42 Å². The van der Waals surface area contributed by atoms with Crippen molar-refractivity contribution in [3.8, 4) is 0 Å². The molecule has 0 unspecified atom stereocenters. The summed E-state index contributed by atoms with van der Waals surface area (Å²) in [5.41, 5.74) is 0. The molecule has 4 nitrogen and oxygen atoms in total. The molecule has 0 N–H and O–H groups in total. The molecule has 23 heavy (non-hydrogen) atoms. The smallest absolute Gasteiger partial charge is 0.179 e. The fourth-order valence-electron chi connectivity index (χ4n) is 3.36. The van der Waals surface area contributed by atoms with Crippen molar-refractivity contribution < 1.29 is 8.42 Å². The summed E-state index contributed by atoms with van der Waals surface area (Å²) in [6.45, 7) is 0. The van der Waals surface area contributed by atoms with Gasteiger partial charge in [-0.05, 0) is 21.5 Å². The third kappa shape index (κ3) is 1.68. The van der Waals surface area contributed by atoms with Crippen LogP contribution in [0.4, 0.5) is 0 Å². The highest BCUT2D eigenvalue weighted by molar-refractivity contribution is 7.88. The van der Waals surface area contributed by atoms with Gasteiger partial charge < -0.3 is 0 Å². The quantitative estimate of drug-likeness (QED) is 0.468. The Kier molecular flexibility index (Phi) is 2.29. The zero-order valence-corrected chi connectivity index (χ0v) is 12.7. The molecule has 0 aliphatic carbocycles. The second-order valence-corrected chi connectivity index (χ2v) is 6.84. The second kappa shape index (κ2) is 4.14. The SMILES string of the molecule is O=S1(=O)N=c2c(c3ccc4ccccc4c3c3ccccc23)=N1. The average molecular weight is 318 g/mol. The van der Waals surface area contributed by atoms with Crippen LogP contribution in [0.1, 0.15) is 0 Å². The van der Waals surface area contributed by atoms with Gasteiger partial charge in [-0.2, -0.15) is 8.42 Å². The van der Waals surface area contributed by atoms with E-state index in [4.69, 9.17) is 0 Å². The first-order valence-corrected chi connectivity index (χ1v) is 8.61. The molecule has 5 rings (SSSR count). The Morgan fingerprint density at radius 3 is 2.00 bits per heavy atom. The third-order valence-corrected chi connectivity index (χ3v) is 5.10. The van der Waals surface area contributed by atoms with Gasteiger partial charge in [0.2, 0.25) is 0 Å². The molecular formula is C18H10N2O2S. The first-order valence-electron chi connectivity index (χ1n) is 7.21. The standard InChI is InChI=1S/C18H10N2O2S/c21-23(22)19-17-14-8-4-3-7-13(14)16-12-6-2-1-5-11(12)9-10-15(16)18(17)20-23/h1-10H. The molecule has 0 saturated carbocycles. The van der Waals surface area contributed by atoms with Gasteiger partial charge in [0.15, 0.2) is 0 Å². The largest absolute Gasteiger partial charge is 0.364 e. The molecular weight excluding hydrogens is 308 g/mol. The topological polar surface area (TPSA) is 58.9 Å². The molecule has 1 aliphatic rings. The zero-order chi connectivity index (χ0) is 15.6. The number of benzene rings is 4. The molecule has 0 bridgehead atoms. The van der Waals surface area contributed by atoms with Crippen LogP contribution in [0.15, 0.2) is 69.5 Å². The van der Waals surface area contributed by atoms with Crippen molar-refractivity contribution >= 4 is 42.5 Å². The molecule has 0 atom stereocenters. The van der Waals surface area contributed by atoms with Gasteiger partial charge in [0.05, 0.1) is 0 Å². The third-order valence-electron chi connectivity index (χ3n) is 4.27. The van der Waals surface area contributed by atoms with Crippen molar-refractivity contribution in [1.29, 1.82) is 0 Å². The molecule has 5 heteroatoms. The highest BCUT2D eigenvalue weighted by atomic mass is 32.2. The molecule has 1 aliphatic heterocycles. The van der Waals surface area contributed by atoms with Crippen LogP contribution in [0.2, 0.25) is 0 Å². The van der Waals surface area contributed by atoms with Crippen LogP contribution in [0.3, 0.4) is 0 Å². The summed E-state index contributed by atoms with van der Waals surface area (Å²) in [6.07, 6.45) is 0. The molecule has 0 saturated heterocycles. The second-order valence-electron chi connectivity index (χ2n) is 5.58. The number of rotatable bonds is 0. The minimum Gasteiger partial charge on any atom is -0.179 e. The molecule has 110 valence electrons. The van der Waals surface area contributed by atoms with E-state index in [-0.39, 0.29) is 0 Å². The van der Waals surface area contributed by atoms with Crippen molar-refractivity contribution in [1.82, 2.24) is 0 Å². The Morgan fingerprint density at radius 1 is 0.609 bits per heavy atom. The highest BCUT2D eigenvalue weighted by Crippen LogP contribution is 2.29. The molecule has 0 radical (unpaired) electrons. The summed E-state index contributed by atoms with van der Waals surface area (Å²) in [5, 5.41) is 6.75. The number of hydrogen-bond acceptors (Lipinski definition) is 2. The van der Waals surface area contributed by atoms with Gasteiger partial charge in [0.25, 0.3) is 0 Å². The van der Waals surface area contributed by atoms with E-state index in [0.717, 1.165) is 32.3 Å². The van der Waals surface area contributed by atoms with E-state index >= 15 is 0 Å². The molecule has 0 aromatic heterocycles. The van der Waals surface area contributed by atoms with Gasteiger partial charge >= 0.3 is 10.2 Å². The Bertz CT molecular complexity index is 1370. The van der Waals surface area contributed by atoms with Crippen molar-refractivity contribution in [2.24, 2.45) is 8.80 Å². The molecule has 0 fully saturated rings. The maximum atomic E-state index is 11.9. The van der Waals surface area contributed by atoms with E-state index in [1.165, 1.54) is 0 Å². The number of fused-ring (bicyclic) bond motifs is 8. The van der Waals surface area contributed by atoms with Crippen molar-refractivity contribution in [3.05, 3.63) is 71.4 Å². The molecule has 0 amide bonds. The van der Waals surface area contributed by atoms with Crippen LogP contribution in [0, 0.1) is 0 Å². The van der Waals surface area contributed by atoms with Crippen LogP contribution in [0.5, 0.6) is 0 Å². The van der Waals surface area contributed by atoms with Crippen molar-refractivity contribution in [2.75, 3.05) is 0 Å². The Hall–Kier alpha value is -2.79. The van der Waals surface area contributed by atoms with Gasteiger partial charge in [-0.3, -0.25) is 0 Å². The Morgan fingerprint density at radius 2 is 1.22 bits per heavy atom. The first-order chi connectivity index (χ1) is 11.1. The van der Waals surface area contributed by atoms with E-state index in [0.29, 0.717) is 10.7 Å². The van der Waals surface area contributed by atoms with E-state index in [1.54, 1.807) is 0 Å². The lowest BCUT2D eigenvalue weighted by atomic mass is 9.95. The maximum Gasteiger partial charge on any atom is 0.364 e. The molecule has 0 spiro atoms. The van der Waals surface area contributed by atoms with Gasteiger partial charge in [0.1, 0.15) is 10.7 Å². The van der Waals surface area contributed by atoms with Crippen LogP contribution in [-0.2, 0) is 10.2 Å². The summed E-state index contributed by atoms with van der Waals surface area (Å²) >= 11 is 0. The minimum absolute atomic E-state index is 0.448. The predicted octanol–water partition coefficient (Wildman–Crippen LogP) is 2.64. The Labute approximate surface area is 131 Å². The average Bonchev–Trinajstić information content (AvgIpc) is 2.90. The van der Waals surface area contributed by atoms with Crippen LogP contribution in [0.25, 0.3) is 32.3 Å². The summed E-state index contributed by atoms with van der Waals surface area (Å²) in [5.74, 6) is 0. The van der Waals surface area contributed by atoms with Crippen LogP contribution < -0.4 is 10.7 Å². The number of hydrogen-bond donors (Lipinski definition) is 0. The minimum atomic E-state index is -3.79. The normalized spacial score (nSPS) is 15.5. The summed E-state index contributed by atoms with van der Waals surface area (Å²) in [4.78, 5) is 0. The summed E-state index contributed by atoms with van der Waals surface area (Å²) < 4.78 is 31.5. The predicted molar refractivity (Wildman–Crippen MR) is 90.2 cm³/mol. The molecule has 4 aromatic carbocycles. The fraction of sp³-hybridized carbons (Fsp3) is 0. The lowest BCUT2D eigenvalue weighted by Gasteiger charge is -2.07. The van der Waals surface area contributed by atoms with Gasteiger partial charge in [-0.1, -0.05) is 60.7 Å². The van der Waals surface area contributed by atoms with Crippen LogP contribution >= 0.6 is 0 Å². The van der Waals surface area contributed by atoms with Crippen LogP contribution in [-0.4, -0.2) is 8.42 Å². The van der Waals surface area contributed by atoms with Gasteiger partial charge in [0, 0.05) is 10.8 Å². The summed E-state index contributed by atoms with van der Waals surface area (Å²) in [7, 11) is -3.79. The lowest BCUT2D eigenvalue weighted by molar-refractivity contribution is 0.599. The number of nitrogens with zero attached hydrogens (tertiary/aromatic N) is 2. The van der Waals surface area contributed by atoms with E-state index in [2.05, 4.69) is 20.9 Å². The highest BCUT2D eigenvalue weighted by Gasteiger charge is 2.18. The lowest BCUT2D eigenvalue weighted by Crippen LogP contribution is -2.23. The summed E-state index contributed by atoms with van der Waals surface area (Å²) in [6, 6.07) is 19.8. The Balaban J connectivity index is 2.26. The van der Waals surface area contributed by atoms with E-state index in [1.807, 2.05) is 48.5 Å². The van der Waals surface area contributed by atoms with E-state index < -0.39 is 10.2 Å².